The number of phosphoric acid groups is 1. The Labute approximate surface area is 675 Å². The Morgan fingerprint density at radius 1 is 0.409 bits per heavy atom. The monoisotopic (exact) mass is 1670 g/mol. The molecule has 8 unspecified atom stereocenters. The first-order valence-corrected chi connectivity index (χ1v) is 42.5. The highest BCUT2D eigenvalue weighted by Gasteiger charge is 2.47. The van der Waals surface area contributed by atoms with Crippen LogP contribution in [0.2, 0.25) is 0 Å². The molecule has 0 bridgehead atoms. The number of Topliss-reactive ketones (excluding diaryl/α,β-unsaturated/α-hetero) is 4. The fourth-order valence-electron chi connectivity index (χ4n) is 13.3. The quantitative estimate of drug-likeness (QED) is 0.0294. The van der Waals surface area contributed by atoms with Crippen molar-refractivity contribution < 1.29 is 150 Å². The smallest absolute Gasteiger partial charge is 0.396 e. The van der Waals surface area contributed by atoms with Gasteiger partial charge in [-0.05, 0) is 96.3 Å². The number of ketones is 4. The molecule has 1 saturated carbocycles. The summed E-state index contributed by atoms with van der Waals surface area (Å²) >= 11 is 0. The van der Waals surface area contributed by atoms with Crippen molar-refractivity contribution in [1.82, 2.24) is 31.9 Å². The van der Waals surface area contributed by atoms with Crippen LogP contribution in [0.4, 0.5) is 0 Å². The Balaban J connectivity index is 1.58. The molecule has 17 atom stereocenters. The zero-order valence-corrected chi connectivity index (χ0v) is 68.8. The highest BCUT2D eigenvalue weighted by molar-refractivity contribution is 7.47. The van der Waals surface area contributed by atoms with Crippen LogP contribution < -0.4 is 31.9 Å². The molecule has 115 heavy (non-hydrogen) atoms. The van der Waals surface area contributed by atoms with Gasteiger partial charge in [0.25, 0.3) is 0 Å². The molecule has 6 amide bonds. The third kappa shape index (κ3) is 44.7. The number of rotatable bonds is 68. The van der Waals surface area contributed by atoms with Crippen LogP contribution in [0.25, 0.3) is 0 Å². The number of phosphoric ester groups is 1. The minimum absolute atomic E-state index is 0.00296. The lowest BCUT2D eigenvalue weighted by Gasteiger charge is -2.42. The Morgan fingerprint density at radius 3 is 1.23 bits per heavy atom. The summed E-state index contributed by atoms with van der Waals surface area (Å²) in [7, 11) is -3.00. The summed E-state index contributed by atoms with van der Waals surface area (Å²) in [6, 6.07) is -2.18. The first-order chi connectivity index (χ1) is 55.0. The number of hydrogen-bond donors (Lipinski definition) is 16. The number of aliphatic hydroxyl groups excluding tert-OH is 9. The van der Waals surface area contributed by atoms with E-state index in [0.29, 0.717) is 148 Å². The van der Waals surface area contributed by atoms with Crippen molar-refractivity contribution in [1.29, 1.82) is 0 Å². The molecule has 2 saturated heterocycles. The van der Waals surface area contributed by atoms with Gasteiger partial charge in [0.2, 0.25) is 35.4 Å². The molecular formula is C77H137N6O31P. The van der Waals surface area contributed by atoms with Crippen LogP contribution in [0.1, 0.15) is 220 Å². The zero-order chi connectivity index (χ0) is 85.0. The summed E-state index contributed by atoms with van der Waals surface area (Å²) in [5.74, 6) is -3.30. The number of aliphatic hydroxyl groups is 9. The van der Waals surface area contributed by atoms with E-state index in [4.69, 9.17) is 42.4 Å². The molecule has 0 spiro atoms. The van der Waals surface area contributed by atoms with Gasteiger partial charge in [-0.1, -0.05) is 32.6 Å². The third-order valence-electron chi connectivity index (χ3n) is 20.2. The fourth-order valence-corrected chi connectivity index (χ4v) is 13.8. The van der Waals surface area contributed by atoms with E-state index >= 15 is 0 Å². The van der Waals surface area contributed by atoms with Gasteiger partial charge in [0.15, 0.2) is 12.6 Å². The van der Waals surface area contributed by atoms with Gasteiger partial charge in [-0.15, -0.1) is 0 Å². The Morgan fingerprint density at radius 2 is 0.783 bits per heavy atom. The molecule has 16 N–H and O–H groups in total. The van der Waals surface area contributed by atoms with Gasteiger partial charge in [-0.25, -0.2) is 4.57 Å². The van der Waals surface area contributed by atoms with Crippen LogP contribution in [-0.4, -0.2) is 307 Å². The molecule has 0 aromatic heterocycles. The molecule has 3 fully saturated rings. The van der Waals surface area contributed by atoms with Crippen LogP contribution >= 0.6 is 7.82 Å². The molecule has 37 nitrogen and oxygen atoms in total. The summed E-state index contributed by atoms with van der Waals surface area (Å²) in [4.78, 5) is 137. The van der Waals surface area contributed by atoms with E-state index in [-0.39, 0.29) is 196 Å². The summed E-state index contributed by atoms with van der Waals surface area (Å²) < 4.78 is 67.7. The molecule has 2 heterocycles. The molecule has 0 aromatic carbocycles. The largest absolute Gasteiger partial charge is 0.471 e. The SMILES string of the molecule is COP(=O)(O)OCCCCCCNC(=O)CCCC(=O)NC(COCCC(=O)CCCCCC(=O)CCCCO[C@@H]1OC(CO)[C@H](O)[C@H](O)C1NC(C)=O)(COCCC(=O)CCCCCC(=O)CCCCO[C@@H]1CC(CO)[C@H](O)[C@H](O)C1C)COCCC(=O)NCCCNC(=O)CCCCO[C@@H]1OC(CO)[C@H](O)[C@H](O)C1NC(C)=O. The van der Waals surface area contributed by atoms with E-state index in [2.05, 4.69) is 36.4 Å². The van der Waals surface area contributed by atoms with E-state index in [1.165, 1.54) is 13.8 Å². The van der Waals surface area contributed by atoms with Crippen molar-refractivity contribution in [2.45, 2.75) is 305 Å². The normalized spacial score (nSPS) is 24.6. The van der Waals surface area contributed by atoms with Crippen molar-refractivity contribution in [3.63, 3.8) is 0 Å². The van der Waals surface area contributed by atoms with E-state index in [1.807, 2.05) is 0 Å². The highest BCUT2D eigenvalue weighted by atomic mass is 31.2. The minimum Gasteiger partial charge on any atom is -0.396 e. The predicted molar refractivity (Wildman–Crippen MR) is 412 cm³/mol. The van der Waals surface area contributed by atoms with Crippen LogP contribution in [0.3, 0.4) is 0 Å². The van der Waals surface area contributed by atoms with Crippen molar-refractivity contribution in [2.75, 3.05) is 113 Å². The topological polar surface area (TPSA) is 555 Å². The summed E-state index contributed by atoms with van der Waals surface area (Å²) in [6.45, 7) is 3.13. The average molecular weight is 1670 g/mol. The Kier molecular flexibility index (Phi) is 54.7. The first kappa shape index (κ1) is 104. The lowest BCUT2D eigenvalue weighted by atomic mass is 9.77. The van der Waals surface area contributed by atoms with Crippen molar-refractivity contribution in [3.8, 4) is 0 Å². The second kappa shape index (κ2) is 60.4. The number of carbonyl (C=O) groups is 10. The van der Waals surface area contributed by atoms with Gasteiger partial charge >= 0.3 is 7.82 Å². The van der Waals surface area contributed by atoms with E-state index < -0.39 is 124 Å². The second-order valence-electron chi connectivity index (χ2n) is 30.1. The highest BCUT2D eigenvalue weighted by Crippen LogP contribution is 2.42. The van der Waals surface area contributed by atoms with E-state index in [9.17, 15) is 103 Å². The Bertz CT molecular complexity index is 2750. The minimum atomic E-state index is -4.07. The molecule has 3 rings (SSSR count). The Hall–Kier alpha value is -5.07. The lowest BCUT2D eigenvalue weighted by Crippen LogP contribution is -2.64. The van der Waals surface area contributed by atoms with Crippen molar-refractivity contribution in [2.24, 2.45) is 11.8 Å². The summed E-state index contributed by atoms with van der Waals surface area (Å²) in [5.41, 5.74) is -1.46. The molecule has 1 aliphatic carbocycles. The fraction of sp³-hybridized carbons (Fsp3) is 0.870. The maximum Gasteiger partial charge on any atom is 0.471 e. The number of hydrogen-bond acceptors (Lipinski definition) is 30. The van der Waals surface area contributed by atoms with Gasteiger partial charge in [0.05, 0.1) is 77.8 Å². The number of nitrogens with one attached hydrogen (secondary N) is 6. The van der Waals surface area contributed by atoms with Gasteiger partial charge in [0, 0.05) is 156 Å². The lowest BCUT2D eigenvalue weighted by molar-refractivity contribution is -0.270. The summed E-state index contributed by atoms with van der Waals surface area (Å²) in [5, 5.41) is 107. The molecule has 2 aliphatic heterocycles. The predicted octanol–water partition coefficient (Wildman–Crippen LogP) is 0.658. The zero-order valence-electron chi connectivity index (χ0n) is 67.9. The number of amides is 6. The van der Waals surface area contributed by atoms with Gasteiger partial charge in [-0.3, -0.25) is 57.0 Å². The second-order valence-corrected chi connectivity index (χ2v) is 31.6. The maximum atomic E-state index is 14.0. The third-order valence-corrected chi connectivity index (χ3v) is 21.2. The first-order valence-electron chi connectivity index (χ1n) is 41.0. The molecule has 38 heteroatoms. The van der Waals surface area contributed by atoms with Gasteiger partial charge < -0.3 is 121 Å². The van der Waals surface area contributed by atoms with Crippen LogP contribution in [0.15, 0.2) is 0 Å². The summed E-state index contributed by atoms with van der Waals surface area (Å²) in [6.07, 6.45) is -1.33. The van der Waals surface area contributed by atoms with E-state index in [0.717, 1.165) is 7.11 Å². The molecular weight excluding hydrogens is 1540 g/mol. The molecule has 0 aromatic rings. The van der Waals surface area contributed by atoms with Crippen LogP contribution in [0, 0.1) is 11.8 Å². The van der Waals surface area contributed by atoms with Gasteiger partial charge in [-0.2, -0.15) is 0 Å². The molecule has 666 valence electrons. The van der Waals surface area contributed by atoms with E-state index in [1.54, 1.807) is 6.92 Å². The number of carbonyl (C=O) groups excluding carboxylic acids is 10. The van der Waals surface area contributed by atoms with Crippen molar-refractivity contribution in [3.05, 3.63) is 0 Å². The molecule has 3 aliphatic rings. The standard InChI is InChI=1S/C77H137N6O31P/c1-52-60(45-55(46-84)70(98)69(52)97)109-38-18-13-27-56(89)23-9-7-11-25-58(91)32-42-106-49-77(83-66(96)31-21-30-64(94)78-35-16-5-6-17-41-112-115(103,104)105-4,50-107-43-33-59(92)26-12-8-10-24-57(90)28-14-19-39-110-75-67(81-53(2)87)73(101)71(99)61(47-85)113-75)51-108-44-34-65(95)80-37-22-36-79-63(93)29-15-20-40-111-76-68(82-54(3)88)74(102)72(100)62(48-86)114-76/h52,55,60-62,67-76,84-86,97-102H,5-51H2,1-4H3,(H,78,94)(H,79,93)(H,80,95)(H,81,87)(H,82,88)(H,83,96)(H,103,104)/t52?,55?,60-,61?,62?,67?,68?,69-,70+,71+,72+,73-,74-,75-,76-,77?/m1/s1. The average Bonchev–Trinajstić information content (AvgIpc) is 0.817. The van der Waals surface area contributed by atoms with Crippen LogP contribution in [0.5, 0.6) is 0 Å². The van der Waals surface area contributed by atoms with Crippen LogP contribution in [-0.2, 0) is 99.5 Å². The van der Waals surface area contributed by atoms with Gasteiger partial charge in [0.1, 0.15) is 77.4 Å². The number of unbranched alkanes of at least 4 members (excludes halogenated alkanes) is 10. The maximum absolute atomic E-state index is 14.0. The van der Waals surface area contributed by atoms with Crippen molar-refractivity contribution >= 4 is 66.4 Å². The molecule has 0 radical (unpaired) electrons. The number of ether oxygens (including phenoxy) is 8.